The predicted octanol–water partition coefficient (Wildman–Crippen LogP) is 1.28. The van der Waals surface area contributed by atoms with Crippen LogP contribution in [0, 0.1) is 0 Å². The molecule has 2 heterocycles. The number of amides is 2. The van der Waals surface area contributed by atoms with Gasteiger partial charge < -0.3 is 10.6 Å². The van der Waals surface area contributed by atoms with Crippen molar-refractivity contribution >= 4 is 28.9 Å². The summed E-state index contributed by atoms with van der Waals surface area (Å²) in [4.78, 5) is 35.5. The largest absolute Gasteiger partial charge is 0.354 e. The highest BCUT2D eigenvalue weighted by Crippen LogP contribution is 2.16. The van der Waals surface area contributed by atoms with Gasteiger partial charge in [0, 0.05) is 6.54 Å². The number of thiophene rings is 1. The highest BCUT2D eigenvalue weighted by atomic mass is 32.1. The minimum Gasteiger partial charge on any atom is -0.354 e. The Hall–Kier alpha value is -1.69. The van der Waals surface area contributed by atoms with Crippen LogP contribution in [0.2, 0.25) is 0 Å². The molecule has 6 heteroatoms. The zero-order chi connectivity index (χ0) is 14.5. The van der Waals surface area contributed by atoms with E-state index in [4.69, 9.17) is 0 Å². The molecule has 0 unspecified atom stereocenters. The van der Waals surface area contributed by atoms with Crippen molar-refractivity contribution in [1.29, 1.82) is 0 Å². The maximum absolute atomic E-state index is 11.9. The summed E-state index contributed by atoms with van der Waals surface area (Å²) in [6, 6.07) is 1.30. The molecule has 0 saturated carbocycles. The molecular weight excluding hydrogens is 276 g/mol. The molecule has 1 saturated heterocycles. The number of hydrogen-bond acceptors (Lipinski definition) is 4. The first kappa shape index (κ1) is 14.7. The Balaban J connectivity index is 1.90. The molecule has 0 spiro atoms. The SMILES string of the molecule is CC(=O)c1cc(CC(=O)N[C@H]2CCCCNC2=O)cs1. The lowest BCUT2D eigenvalue weighted by Crippen LogP contribution is -2.45. The average Bonchev–Trinajstić information content (AvgIpc) is 2.76. The van der Waals surface area contributed by atoms with E-state index in [2.05, 4.69) is 10.6 Å². The van der Waals surface area contributed by atoms with Crippen LogP contribution < -0.4 is 10.6 Å². The summed E-state index contributed by atoms with van der Waals surface area (Å²) in [5, 5.41) is 7.36. The van der Waals surface area contributed by atoms with Gasteiger partial charge >= 0.3 is 0 Å². The molecule has 1 aliphatic rings. The Morgan fingerprint density at radius 3 is 2.95 bits per heavy atom. The third-order valence-electron chi connectivity index (χ3n) is 3.24. The van der Waals surface area contributed by atoms with Crippen LogP contribution in [0.25, 0.3) is 0 Å². The summed E-state index contributed by atoms with van der Waals surface area (Å²) >= 11 is 1.34. The van der Waals surface area contributed by atoms with E-state index in [-0.39, 0.29) is 24.0 Å². The number of nitrogens with one attached hydrogen (secondary N) is 2. The van der Waals surface area contributed by atoms with Gasteiger partial charge in [-0.2, -0.15) is 0 Å². The van der Waals surface area contributed by atoms with Crippen LogP contribution in [0.1, 0.15) is 41.4 Å². The van der Waals surface area contributed by atoms with Crippen molar-refractivity contribution in [2.24, 2.45) is 0 Å². The molecule has 108 valence electrons. The summed E-state index contributed by atoms with van der Waals surface area (Å²) in [7, 11) is 0. The van der Waals surface area contributed by atoms with Crippen LogP contribution in [0.3, 0.4) is 0 Å². The molecule has 0 bridgehead atoms. The second-order valence-corrected chi connectivity index (χ2v) is 5.87. The summed E-state index contributed by atoms with van der Waals surface area (Å²) < 4.78 is 0. The van der Waals surface area contributed by atoms with E-state index in [0.717, 1.165) is 18.4 Å². The van der Waals surface area contributed by atoms with Crippen molar-refractivity contribution in [1.82, 2.24) is 10.6 Å². The Morgan fingerprint density at radius 1 is 1.45 bits per heavy atom. The van der Waals surface area contributed by atoms with Crippen LogP contribution in [-0.4, -0.2) is 30.2 Å². The summed E-state index contributed by atoms with van der Waals surface area (Å²) in [6.07, 6.45) is 2.76. The molecule has 20 heavy (non-hydrogen) atoms. The quantitative estimate of drug-likeness (QED) is 0.821. The third-order valence-corrected chi connectivity index (χ3v) is 4.32. The predicted molar refractivity (Wildman–Crippen MR) is 76.8 cm³/mol. The maximum atomic E-state index is 11.9. The van der Waals surface area contributed by atoms with Gasteiger partial charge in [0.1, 0.15) is 6.04 Å². The number of carbonyl (C=O) groups is 3. The van der Waals surface area contributed by atoms with Crippen molar-refractivity contribution in [3.63, 3.8) is 0 Å². The van der Waals surface area contributed by atoms with Gasteiger partial charge in [-0.3, -0.25) is 14.4 Å². The van der Waals surface area contributed by atoms with E-state index in [1.807, 2.05) is 5.38 Å². The van der Waals surface area contributed by atoms with E-state index < -0.39 is 6.04 Å². The molecule has 2 rings (SSSR count). The van der Waals surface area contributed by atoms with Crippen molar-refractivity contribution in [2.45, 2.75) is 38.6 Å². The zero-order valence-electron chi connectivity index (χ0n) is 11.4. The standard InChI is InChI=1S/C14H18N2O3S/c1-9(17)12-6-10(8-20-12)7-13(18)16-11-4-2-3-5-15-14(11)19/h6,8,11H,2-5,7H2,1H3,(H,15,19)(H,16,18)/t11-/m0/s1. The van der Waals surface area contributed by atoms with Crippen LogP contribution in [0.5, 0.6) is 0 Å². The van der Waals surface area contributed by atoms with Crippen LogP contribution in [0.4, 0.5) is 0 Å². The molecule has 2 N–H and O–H groups in total. The van der Waals surface area contributed by atoms with Crippen LogP contribution >= 0.6 is 11.3 Å². The Morgan fingerprint density at radius 2 is 2.25 bits per heavy atom. The van der Waals surface area contributed by atoms with Gasteiger partial charge in [-0.15, -0.1) is 11.3 Å². The highest BCUT2D eigenvalue weighted by Gasteiger charge is 2.22. The maximum Gasteiger partial charge on any atom is 0.242 e. The molecule has 5 nitrogen and oxygen atoms in total. The number of rotatable bonds is 4. The fraction of sp³-hybridized carbons (Fsp3) is 0.500. The summed E-state index contributed by atoms with van der Waals surface area (Å²) in [6.45, 7) is 2.18. The van der Waals surface area contributed by atoms with Crippen molar-refractivity contribution < 1.29 is 14.4 Å². The van der Waals surface area contributed by atoms with Gasteiger partial charge in [-0.1, -0.05) is 0 Å². The first-order chi connectivity index (χ1) is 9.56. The molecule has 0 aromatic carbocycles. The minimum absolute atomic E-state index is 0.00445. The Kier molecular flexibility index (Phi) is 4.89. The second kappa shape index (κ2) is 6.65. The lowest BCUT2D eigenvalue weighted by molar-refractivity contribution is -0.128. The first-order valence-corrected chi connectivity index (χ1v) is 7.59. The lowest BCUT2D eigenvalue weighted by atomic mass is 10.1. The fourth-order valence-electron chi connectivity index (χ4n) is 2.16. The van der Waals surface area contributed by atoms with E-state index in [1.54, 1.807) is 6.07 Å². The summed E-state index contributed by atoms with van der Waals surface area (Å²) in [5.74, 6) is -0.282. The van der Waals surface area contributed by atoms with Crippen molar-refractivity contribution in [3.05, 3.63) is 21.9 Å². The second-order valence-electron chi connectivity index (χ2n) is 4.96. The van der Waals surface area contributed by atoms with Crippen molar-refractivity contribution in [2.75, 3.05) is 6.54 Å². The monoisotopic (exact) mass is 294 g/mol. The van der Waals surface area contributed by atoms with Gasteiger partial charge in [0.05, 0.1) is 11.3 Å². The molecule has 2 amide bonds. The van der Waals surface area contributed by atoms with Gasteiger partial charge in [0.15, 0.2) is 5.78 Å². The van der Waals surface area contributed by atoms with Crippen molar-refractivity contribution in [3.8, 4) is 0 Å². The van der Waals surface area contributed by atoms with Gasteiger partial charge in [0.25, 0.3) is 0 Å². The number of ketones is 1. The highest BCUT2D eigenvalue weighted by molar-refractivity contribution is 7.12. The lowest BCUT2D eigenvalue weighted by Gasteiger charge is -2.14. The van der Waals surface area contributed by atoms with E-state index in [9.17, 15) is 14.4 Å². The van der Waals surface area contributed by atoms with Gasteiger partial charge in [-0.05, 0) is 43.2 Å². The molecule has 1 aromatic rings. The molecule has 1 aliphatic heterocycles. The van der Waals surface area contributed by atoms with Crippen LogP contribution in [0.15, 0.2) is 11.4 Å². The first-order valence-electron chi connectivity index (χ1n) is 6.71. The topological polar surface area (TPSA) is 75.3 Å². The smallest absolute Gasteiger partial charge is 0.242 e. The molecular formula is C14H18N2O3S. The Bertz CT molecular complexity index is 524. The van der Waals surface area contributed by atoms with E-state index in [0.29, 0.717) is 17.8 Å². The third kappa shape index (κ3) is 3.90. The number of carbonyl (C=O) groups excluding carboxylic acids is 3. The van der Waals surface area contributed by atoms with Gasteiger partial charge in [0.2, 0.25) is 11.8 Å². The molecule has 1 atom stereocenters. The van der Waals surface area contributed by atoms with E-state index >= 15 is 0 Å². The van der Waals surface area contributed by atoms with Crippen LogP contribution in [-0.2, 0) is 16.0 Å². The molecule has 1 aromatic heterocycles. The normalized spacial score (nSPS) is 19.1. The average molecular weight is 294 g/mol. The number of hydrogen-bond donors (Lipinski definition) is 2. The molecule has 0 radical (unpaired) electrons. The van der Waals surface area contributed by atoms with E-state index in [1.165, 1.54) is 18.3 Å². The summed E-state index contributed by atoms with van der Waals surface area (Å²) in [5.41, 5.74) is 0.812. The molecule has 0 aliphatic carbocycles. The minimum atomic E-state index is -0.434. The van der Waals surface area contributed by atoms with Gasteiger partial charge in [-0.25, -0.2) is 0 Å². The molecule has 1 fully saturated rings. The Labute approximate surface area is 121 Å². The fourth-order valence-corrected chi connectivity index (χ4v) is 2.98. The zero-order valence-corrected chi connectivity index (χ0v) is 12.2. The number of Topliss-reactive ketones (excluding diaryl/α,β-unsaturated/α-hetero) is 1.